The Morgan fingerprint density at radius 3 is 2.58 bits per heavy atom. The van der Waals surface area contributed by atoms with Gasteiger partial charge in [0.25, 0.3) is 0 Å². The van der Waals surface area contributed by atoms with Gasteiger partial charge in [-0.1, -0.05) is 30.3 Å². The molecule has 0 bridgehead atoms. The van der Waals surface area contributed by atoms with Crippen molar-refractivity contribution in [1.82, 2.24) is 4.98 Å². The Hall–Kier alpha value is -2.31. The number of rotatable bonds is 4. The average molecular weight is 365 g/mol. The Morgan fingerprint density at radius 2 is 1.88 bits per heavy atom. The van der Waals surface area contributed by atoms with Crippen LogP contribution in [-0.4, -0.2) is 10.9 Å². The second-order valence-corrected chi connectivity index (χ2v) is 6.22. The van der Waals surface area contributed by atoms with E-state index in [1.165, 1.54) is 17.4 Å². The zero-order valence-corrected chi connectivity index (χ0v) is 13.7. The molecule has 0 fully saturated rings. The second-order valence-electron chi connectivity index (χ2n) is 4.93. The number of thiazole rings is 1. The summed E-state index contributed by atoms with van der Waals surface area (Å²) in [5.74, 6) is -2.28. The van der Waals surface area contributed by atoms with E-state index in [0.717, 1.165) is 12.1 Å². The molecule has 3 rings (SSSR count). The van der Waals surface area contributed by atoms with Crippen LogP contribution in [0.4, 0.5) is 13.9 Å². The van der Waals surface area contributed by atoms with E-state index in [1.807, 2.05) is 6.07 Å². The van der Waals surface area contributed by atoms with Crippen molar-refractivity contribution in [3.8, 4) is 11.3 Å². The number of amides is 1. The van der Waals surface area contributed by atoms with Gasteiger partial charge in [-0.05, 0) is 23.8 Å². The smallest absolute Gasteiger partial charge is 0.248 e. The molecule has 24 heavy (non-hydrogen) atoms. The highest BCUT2D eigenvalue weighted by Gasteiger charge is 2.19. The highest BCUT2D eigenvalue weighted by molar-refractivity contribution is 7.14. The van der Waals surface area contributed by atoms with Crippen LogP contribution in [0.3, 0.4) is 0 Å². The molecule has 0 saturated carbocycles. The standard InChI is InChI=1S/C17H11ClF2N2OS/c18-15(10-4-2-1-3-5-10)16(23)22-17-21-14(9-24-17)11-6-7-12(19)13(20)8-11/h1-9,15H,(H,21,22,23)/t15-/m1/s1. The van der Waals surface area contributed by atoms with Crippen molar-refractivity contribution >= 4 is 34.0 Å². The van der Waals surface area contributed by atoms with Gasteiger partial charge >= 0.3 is 0 Å². The molecule has 0 radical (unpaired) electrons. The SMILES string of the molecule is O=C(Nc1nc(-c2ccc(F)c(F)c2)cs1)[C@H](Cl)c1ccccc1. The number of aromatic nitrogens is 1. The van der Waals surface area contributed by atoms with Gasteiger partial charge in [-0.2, -0.15) is 0 Å². The molecule has 2 aromatic carbocycles. The first-order valence-corrected chi connectivity index (χ1v) is 8.27. The second kappa shape index (κ2) is 7.07. The van der Waals surface area contributed by atoms with Gasteiger partial charge in [0.2, 0.25) is 5.91 Å². The molecule has 122 valence electrons. The normalized spacial score (nSPS) is 12.0. The third-order valence-electron chi connectivity index (χ3n) is 3.27. The molecular formula is C17H11ClF2N2OS. The van der Waals surface area contributed by atoms with E-state index in [2.05, 4.69) is 10.3 Å². The van der Waals surface area contributed by atoms with Crippen molar-refractivity contribution in [3.05, 3.63) is 71.1 Å². The zero-order valence-electron chi connectivity index (χ0n) is 12.2. The molecule has 1 atom stereocenters. The van der Waals surface area contributed by atoms with E-state index in [9.17, 15) is 13.6 Å². The lowest BCUT2D eigenvalue weighted by molar-refractivity contribution is -0.116. The van der Waals surface area contributed by atoms with Crippen LogP contribution in [0, 0.1) is 11.6 Å². The number of nitrogens with one attached hydrogen (secondary N) is 1. The van der Waals surface area contributed by atoms with Crippen LogP contribution in [0.5, 0.6) is 0 Å². The summed E-state index contributed by atoms with van der Waals surface area (Å²) < 4.78 is 26.3. The van der Waals surface area contributed by atoms with Gasteiger partial charge in [-0.25, -0.2) is 13.8 Å². The van der Waals surface area contributed by atoms with Crippen LogP contribution < -0.4 is 5.32 Å². The molecule has 7 heteroatoms. The Morgan fingerprint density at radius 1 is 1.12 bits per heavy atom. The zero-order chi connectivity index (χ0) is 17.1. The fourth-order valence-electron chi connectivity index (χ4n) is 2.06. The van der Waals surface area contributed by atoms with Gasteiger partial charge in [0.1, 0.15) is 5.38 Å². The Balaban J connectivity index is 1.74. The lowest BCUT2D eigenvalue weighted by Crippen LogP contribution is -2.17. The largest absolute Gasteiger partial charge is 0.300 e. The van der Waals surface area contributed by atoms with Gasteiger partial charge < -0.3 is 5.32 Å². The first-order valence-electron chi connectivity index (χ1n) is 6.95. The number of carbonyl (C=O) groups is 1. The molecule has 1 N–H and O–H groups in total. The maximum atomic E-state index is 13.3. The number of alkyl halides is 1. The van der Waals surface area contributed by atoms with E-state index in [0.29, 0.717) is 22.0 Å². The predicted molar refractivity (Wildman–Crippen MR) is 91.1 cm³/mol. The van der Waals surface area contributed by atoms with Gasteiger partial charge in [-0.3, -0.25) is 4.79 Å². The summed E-state index contributed by atoms with van der Waals surface area (Å²) in [6.45, 7) is 0. The molecule has 3 aromatic rings. The number of hydrogen-bond donors (Lipinski definition) is 1. The number of nitrogens with zero attached hydrogens (tertiary/aromatic N) is 1. The molecule has 3 nitrogen and oxygen atoms in total. The molecule has 0 saturated heterocycles. The maximum absolute atomic E-state index is 13.3. The van der Waals surface area contributed by atoms with Crippen LogP contribution in [0.25, 0.3) is 11.3 Å². The van der Waals surface area contributed by atoms with Crippen molar-refractivity contribution in [1.29, 1.82) is 0 Å². The monoisotopic (exact) mass is 364 g/mol. The molecule has 0 aliphatic rings. The van der Waals surface area contributed by atoms with Crippen molar-refractivity contribution in [2.24, 2.45) is 0 Å². The molecule has 1 amide bonds. The summed E-state index contributed by atoms with van der Waals surface area (Å²) in [4.78, 5) is 16.4. The van der Waals surface area contributed by atoms with Crippen molar-refractivity contribution in [3.63, 3.8) is 0 Å². The fraction of sp³-hybridized carbons (Fsp3) is 0.0588. The maximum Gasteiger partial charge on any atom is 0.248 e. The topological polar surface area (TPSA) is 42.0 Å². The van der Waals surface area contributed by atoms with E-state index < -0.39 is 22.9 Å². The number of carbonyl (C=O) groups excluding carboxylic acids is 1. The lowest BCUT2D eigenvalue weighted by atomic mass is 10.1. The Labute approximate surface area is 145 Å². The summed E-state index contributed by atoms with van der Waals surface area (Å²) in [6, 6.07) is 12.5. The minimum atomic E-state index is -0.948. The summed E-state index contributed by atoms with van der Waals surface area (Å²) in [6.07, 6.45) is 0. The van der Waals surface area contributed by atoms with Crippen molar-refractivity contribution < 1.29 is 13.6 Å². The highest BCUT2D eigenvalue weighted by atomic mass is 35.5. The molecular weight excluding hydrogens is 354 g/mol. The minimum absolute atomic E-state index is 0.335. The van der Waals surface area contributed by atoms with E-state index in [1.54, 1.807) is 29.6 Å². The van der Waals surface area contributed by atoms with Gasteiger partial charge in [0, 0.05) is 10.9 Å². The Kier molecular flexibility index (Phi) is 4.87. The van der Waals surface area contributed by atoms with Gasteiger partial charge in [0.05, 0.1) is 5.69 Å². The summed E-state index contributed by atoms with van der Waals surface area (Å²) in [7, 11) is 0. The van der Waals surface area contributed by atoms with Crippen LogP contribution in [0.15, 0.2) is 53.9 Å². The van der Waals surface area contributed by atoms with Crippen molar-refractivity contribution in [2.45, 2.75) is 5.38 Å². The van der Waals surface area contributed by atoms with E-state index in [4.69, 9.17) is 11.6 Å². The quantitative estimate of drug-likeness (QED) is 0.661. The summed E-state index contributed by atoms with van der Waals surface area (Å²) in [5, 5.41) is 3.76. The van der Waals surface area contributed by atoms with Crippen LogP contribution in [-0.2, 0) is 4.79 Å². The van der Waals surface area contributed by atoms with Crippen LogP contribution >= 0.6 is 22.9 Å². The van der Waals surface area contributed by atoms with E-state index >= 15 is 0 Å². The molecule has 0 aliphatic carbocycles. The lowest BCUT2D eigenvalue weighted by Gasteiger charge is -2.08. The minimum Gasteiger partial charge on any atom is -0.300 e. The molecule has 0 unspecified atom stereocenters. The number of hydrogen-bond acceptors (Lipinski definition) is 3. The van der Waals surface area contributed by atoms with Crippen LogP contribution in [0.1, 0.15) is 10.9 Å². The predicted octanol–water partition coefficient (Wildman–Crippen LogP) is 5.01. The number of benzene rings is 2. The fourth-order valence-corrected chi connectivity index (χ4v) is 2.98. The van der Waals surface area contributed by atoms with Crippen molar-refractivity contribution in [2.75, 3.05) is 5.32 Å². The third-order valence-corrected chi connectivity index (χ3v) is 4.48. The molecule has 1 heterocycles. The van der Waals surface area contributed by atoms with Crippen LogP contribution in [0.2, 0.25) is 0 Å². The van der Waals surface area contributed by atoms with E-state index in [-0.39, 0.29) is 0 Å². The third kappa shape index (κ3) is 3.60. The number of halogens is 3. The first kappa shape index (κ1) is 16.5. The summed E-state index contributed by atoms with van der Waals surface area (Å²) in [5.41, 5.74) is 1.55. The number of anilines is 1. The average Bonchev–Trinajstić information content (AvgIpc) is 3.06. The molecule has 0 spiro atoms. The molecule has 1 aromatic heterocycles. The van der Waals surface area contributed by atoms with Gasteiger partial charge in [-0.15, -0.1) is 22.9 Å². The summed E-state index contributed by atoms with van der Waals surface area (Å²) >= 11 is 7.32. The first-order chi connectivity index (χ1) is 11.5. The van der Waals surface area contributed by atoms with Gasteiger partial charge in [0.15, 0.2) is 16.8 Å². The Bertz CT molecular complexity index is 870. The molecule has 0 aliphatic heterocycles. The highest BCUT2D eigenvalue weighted by Crippen LogP contribution is 2.28.